The highest BCUT2D eigenvalue weighted by molar-refractivity contribution is 6.01. The van der Waals surface area contributed by atoms with Crippen molar-refractivity contribution in [1.29, 1.82) is 0 Å². The van der Waals surface area contributed by atoms with Crippen molar-refractivity contribution < 1.29 is 39.2 Å². The summed E-state index contributed by atoms with van der Waals surface area (Å²) in [4.78, 5) is 39.5. The predicted molar refractivity (Wildman–Crippen MR) is 110 cm³/mol. The Hall–Kier alpha value is -1.90. The van der Waals surface area contributed by atoms with Gasteiger partial charge in [-0.2, -0.15) is 0 Å². The van der Waals surface area contributed by atoms with Crippen molar-refractivity contribution in [1.82, 2.24) is 0 Å². The van der Waals surface area contributed by atoms with Crippen molar-refractivity contribution in [3.8, 4) is 0 Å². The number of allylic oxidation sites excluding steroid dienone is 4. The molecule has 0 amide bonds. The molecule has 3 N–H and O–H groups in total. The largest absolute Gasteiger partial charge is 0.393 e. The van der Waals surface area contributed by atoms with Crippen molar-refractivity contribution in [2.45, 2.75) is 70.7 Å². The smallest absolute Gasteiger partial charge is 0.351 e. The summed E-state index contributed by atoms with van der Waals surface area (Å²) >= 11 is 0. The zero-order valence-electron chi connectivity index (χ0n) is 18.6. The van der Waals surface area contributed by atoms with Crippen molar-refractivity contribution in [3.63, 3.8) is 0 Å². The molecule has 0 spiro atoms. The van der Waals surface area contributed by atoms with Gasteiger partial charge < -0.3 is 15.3 Å². The van der Waals surface area contributed by atoms with Crippen LogP contribution >= 0.6 is 0 Å². The van der Waals surface area contributed by atoms with E-state index in [1.807, 2.05) is 13.0 Å². The van der Waals surface area contributed by atoms with Gasteiger partial charge in [-0.05, 0) is 55.6 Å². The Balaban J connectivity index is 1.70. The number of aliphatic hydroxyl groups excluding tert-OH is 2. The molecule has 32 heavy (non-hydrogen) atoms. The van der Waals surface area contributed by atoms with Gasteiger partial charge in [-0.25, -0.2) is 4.79 Å². The molecule has 1 unspecified atom stereocenters. The normalized spacial score (nSPS) is 45.9. The summed E-state index contributed by atoms with van der Waals surface area (Å²) < 4.78 is 12.1. The van der Waals surface area contributed by atoms with Crippen molar-refractivity contribution in [2.75, 3.05) is 0 Å². The summed E-state index contributed by atoms with van der Waals surface area (Å²) in [5, 5.41) is 33.4. The maximum absolute atomic E-state index is 13.2. The van der Waals surface area contributed by atoms with Crippen LogP contribution in [0.25, 0.3) is 0 Å². The number of carbonyl (C=O) groups is 3. The number of hydrogen-bond donors (Lipinski definition) is 3. The van der Waals surface area contributed by atoms with E-state index in [9.17, 15) is 34.2 Å². The molecule has 3 saturated carbocycles. The highest BCUT2D eigenvalue weighted by Gasteiger charge is 2.71. The minimum absolute atomic E-state index is 0.000905. The Morgan fingerprint density at radius 3 is 2.69 bits per heavy atom. The van der Waals surface area contributed by atoms with E-state index in [0.29, 0.717) is 12.8 Å². The van der Waals surface area contributed by atoms with Crippen LogP contribution in [0, 0.1) is 34.5 Å². The Kier molecular flexibility index (Phi) is 5.50. The van der Waals surface area contributed by atoms with Crippen LogP contribution in [0.4, 0.5) is 4.53 Å². The summed E-state index contributed by atoms with van der Waals surface area (Å²) in [7, 11) is 0. The van der Waals surface area contributed by atoms with E-state index >= 15 is 0 Å². The molecule has 0 aromatic carbocycles. The fourth-order valence-electron chi connectivity index (χ4n) is 7.72. The lowest BCUT2D eigenvalue weighted by atomic mass is 9.46. The minimum atomic E-state index is -1.98. The quantitative estimate of drug-likeness (QED) is 0.599. The molecule has 176 valence electrons. The number of rotatable bonds is 4. The van der Waals surface area contributed by atoms with Gasteiger partial charge in [-0.3, -0.25) is 14.5 Å². The lowest BCUT2D eigenvalue weighted by Gasteiger charge is -2.59. The zero-order valence-corrected chi connectivity index (χ0v) is 18.6. The maximum atomic E-state index is 13.2. The molecule has 0 bridgehead atoms. The van der Waals surface area contributed by atoms with Gasteiger partial charge in [0.1, 0.15) is 11.7 Å². The van der Waals surface area contributed by atoms with Gasteiger partial charge in [0.15, 0.2) is 11.6 Å². The molecule has 0 aliphatic heterocycles. The molecule has 4 rings (SSSR count). The van der Waals surface area contributed by atoms with E-state index in [4.69, 9.17) is 0 Å². The van der Waals surface area contributed by atoms with E-state index in [-0.39, 0.29) is 30.0 Å². The van der Waals surface area contributed by atoms with Crippen LogP contribution in [0.3, 0.4) is 0 Å². The third-order valence-electron chi connectivity index (χ3n) is 9.20. The summed E-state index contributed by atoms with van der Waals surface area (Å²) in [5.41, 5.74) is -2.48. The highest BCUT2D eigenvalue weighted by atomic mass is 19.3. The monoisotopic (exact) mass is 450 g/mol. The van der Waals surface area contributed by atoms with Gasteiger partial charge in [-0.1, -0.05) is 32.4 Å². The standard InChI is InChI=1S/C24H31FO7/c1-12-8-16-15-5-4-13-9-14(26)6-7-22(13,2)20(15)18(28)11-23(16,3)24(12,31)21(30)17(27)10-19(29)32-25/h6-7,9,12,15-18,20,27-28,31H,4-5,8,10-11H2,1-3H3/t12-,15+,16+,17?,18+,20-,22+,23+,24+/m1/s1. The van der Waals surface area contributed by atoms with Crippen molar-refractivity contribution in [2.24, 2.45) is 34.5 Å². The SMILES string of the molecule is C[C@@H]1C[C@H]2[C@@H]3CCC4=CC(=O)C=C[C@]4(C)[C@H]3[C@@H](O)C[C@]2(C)[C@@]1(O)C(=O)C(O)CC(=O)OF. The molecule has 4 aliphatic carbocycles. The molecule has 0 aromatic heterocycles. The Morgan fingerprint density at radius 1 is 1.34 bits per heavy atom. The summed E-state index contributed by atoms with van der Waals surface area (Å²) in [6.07, 6.45) is 3.53. The summed E-state index contributed by atoms with van der Waals surface area (Å²) in [6.45, 7) is 5.54. The molecule has 0 heterocycles. The number of fused-ring (bicyclic) bond motifs is 5. The van der Waals surface area contributed by atoms with Crippen molar-refractivity contribution >= 4 is 17.5 Å². The molecule has 3 fully saturated rings. The molecule has 8 heteroatoms. The number of hydrogen-bond acceptors (Lipinski definition) is 7. The first-order valence-electron chi connectivity index (χ1n) is 11.3. The number of Topliss-reactive ketones (excluding diaryl/α,β-unsaturated/α-hetero) is 1. The van der Waals surface area contributed by atoms with Gasteiger partial charge in [0, 0.05) is 21.3 Å². The van der Waals surface area contributed by atoms with Gasteiger partial charge in [-0.15, -0.1) is 0 Å². The van der Waals surface area contributed by atoms with E-state index in [2.05, 4.69) is 4.94 Å². The first-order chi connectivity index (χ1) is 14.9. The Bertz CT molecular complexity index is 912. The molecule has 0 aromatic rings. The highest BCUT2D eigenvalue weighted by Crippen LogP contribution is 2.68. The molecular formula is C24H31FO7. The molecule has 9 atom stereocenters. The van der Waals surface area contributed by atoms with E-state index < -0.39 is 52.7 Å². The Labute approximate surface area is 186 Å². The third kappa shape index (κ3) is 2.99. The van der Waals surface area contributed by atoms with Crippen LogP contribution in [0.5, 0.6) is 0 Å². The molecule has 4 aliphatic rings. The van der Waals surface area contributed by atoms with Crippen LogP contribution in [0.15, 0.2) is 23.8 Å². The predicted octanol–water partition coefficient (Wildman–Crippen LogP) is 1.99. The average molecular weight is 451 g/mol. The van der Waals surface area contributed by atoms with Crippen LogP contribution in [0.2, 0.25) is 0 Å². The van der Waals surface area contributed by atoms with Crippen LogP contribution < -0.4 is 0 Å². The number of halogens is 1. The van der Waals surface area contributed by atoms with Crippen molar-refractivity contribution in [3.05, 3.63) is 23.8 Å². The summed E-state index contributed by atoms with van der Waals surface area (Å²) in [5.74, 6) is -3.17. The summed E-state index contributed by atoms with van der Waals surface area (Å²) in [6, 6.07) is 0. The molecular weight excluding hydrogens is 419 g/mol. The van der Waals surface area contributed by atoms with Crippen LogP contribution in [-0.4, -0.2) is 50.7 Å². The van der Waals surface area contributed by atoms with Crippen LogP contribution in [0.1, 0.15) is 52.9 Å². The average Bonchev–Trinajstić information content (AvgIpc) is 2.94. The second kappa shape index (κ2) is 7.57. The Morgan fingerprint density at radius 2 is 2.03 bits per heavy atom. The van der Waals surface area contributed by atoms with Crippen LogP contribution in [-0.2, 0) is 19.3 Å². The molecule has 7 nitrogen and oxygen atoms in total. The fraction of sp³-hybridized carbons (Fsp3) is 0.708. The number of aliphatic hydroxyl groups is 3. The maximum Gasteiger partial charge on any atom is 0.351 e. The lowest BCUT2D eigenvalue weighted by Crippen LogP contribution is -2.63. The third-order valence-corrected chi connectivity index (χ3v) is 9.20. The first-order valence-corrected chi connectivity index (χ1v) is 11.3. The van der Waals surface area contributed by atoms with Gasteiger partial charge >= 0.3 is 5.97 Å². The minimum Gasteiger partial charge on any atom is -0.393 e. The second-order valence-corrected chi connectivity index (χ2v) is 10.6. The second-order valence-electron chi connectivity index (χ2n) is 10.6. The van der Waals surface area contributed by atoms with E-state index in [1.165, 1.54) is 0 Å². The molecule has 0 radical (unpaired) electrons. The number of ketones is 2. The topological polar surface area (TPSA) is 121 Å². The molecule has 0 saturated heterocycles. The van der Waals surface area contributed by atoms with Gasteiger partial charge in [0.05, 0.1) is 12.5 Å². The van der Waals surface area contributed by atoms with E-state index in [1.54, 1.807) is 26.0 Å². The lowest BCUT2D eigenvalue weighted by molar-refractivity contribution is -0.194. The van der Waals surface area contributed by atoms with Gasteiger partial charge in [0.2, 0.25) is 0 Å². The van der Waals surface area contributed by atoms with Gasteiger partial charge in [0.25, 0.3) is 0 Å². The zero-order chi connectivity index (χ0) is 23.6. The number of carbonyl (C=O) groups excluding carboxylic acids is 3. The first kappa shape index (κ1) is 23.3. The van der Waals surface area contributed by atoms with E-state index in [0.717, 1.165) is 12.0 Å². The fourth-order valence-corrected chi connectivity index (χ4v) is 7.72.